The molecule has 0 amide bonds. The van der Waals surface area contributed by atoms with E-state index in [1.54, 1.807) is 30.3 Å². The molecule has 0 unspecified atom stereocenters. The molecule has 0 fully saturated rings. The van der Waals surface area contributed by atoms with Gasteiger partial charge in [-0.15, -0.1) is 0 Å². The molecule has 0 heterocycles. The zero-order valence-electron chi connectivity index (χ0n) is 10.1. The summed E-state index contributed by atoms with van der Waals surface area (Å²) < 4.78 is 0. The van der Waals surface area contributed by atoms with Crippen LogP contribution in [0, 0.1) is 0 Å². The number of carbonyl (C=O) groups excluding carboxylic acids is 1. The molecule has 2 aromatic rings. The SMILES string of the molecule is O=Cc1ccc(/C(=C/c2ccccc2)C(=O)O)cc1. The van der Waals surface area contributed by atoms with Crippen LogP contribution < -0.4 is 0 Å². The molecule has 0 bridgehead atoms. The van der Waals surface area contributed by atoms with Crippen LogP contribution in [0.3, 0.4) is 0 Å². The van der Waals surface area contributed by atoms with E-state index in [0.717, 1.165) is 11.8 Å². The molecule has 0 radical (unpaired) electrons. The topological polar surface area (TPSA) is 54.4 Å². The predicted molar refractivity (Wildman–Crippen MR) is 73.8 cm³/mol. The van der Waals surface area contributed by atoms with Gasteiger partial charge in [0.1, 0.15) is 6.29 Å². The van der Waals surface area contributed by atoms with Crippen molar-refractivity contribution in [2.45, 2.75) is 0 Å². The second kappa shape index (κ2) is 5.78. The van der Waals surface area contributed by atoms with E-state index in [-0.39, 0.29) is 5.57 Å². The minimum Gasteiger partial charge on any atom is -0.478 e. The molecule has 0 saturated heterocycles. The van der Waals surface area contributed by atoms with Crippen LogP contribution in [0.25, 0.3) is 11.6 Å². The van der Waals surface area contributed by atoms with Crippen LogP contribution in [0.1, 0.15) is 21.5 Å². The molecule has 0 atom stereocenters. The highest BCUT2D eigenvalue weighted by molar-refractivity contribution is 6.20. The van der Waals surface area contributed by atoms with Gasteiger partial charge in [0.2, 0.25) is 0 Å². The van der Waals surface area contributed by atoms with Crippen molar-refractivity contribution >= 4 is 23.9 Å². The van der Waals surface area contributed by atoms with Gasteiger partial charge in [0, 0.05) is 5.56 Å². The number of benzene rings is 2. The molecule has 0 aliphatic carbocycles. The van der Waals surface area contributed by atoms with Gasteiger partial charge in [-0.05, 0) is 17.2 Å². The van der Waals surface area contributed by atoms with E-state index in [9.17, 15) is 14.7 Å². The lowest BCUT2D eigenvalue weighted by Crippen LogP contribution is -1.99. The number of aliphatic carboxylic acids is 1. The van der Waals surface area contributed by atoms with E-state index in [1.165, 1.54) is 0 Å². The van der Waals surface area contributed by atoms with E-state index in [4.69, 9.17) is 0 Å². The summed E-state index contributed by atoms with van der Waals surface area (Å²) >= 11 is 0. The van der Waals surface area contributed by atoms with Gasteiger partial charge >= 0.3 is 5.97 Å². The van der Waals surface area contributed by atoms with Gasteiger partial charge < -0.3 is 5.11 Å². The summed E-state index contributed by atoms with van der Waals surface area (Å²) in [4.78, 5) is 21.9. The van der Waals surface area contributed by atoms with Gasteiger partial charge in [-0.3, -0.25) is 4.79 Å². The number of hydrogen-bond acceptors (Lipinski definition) is 2. The molecule has 94 valence electrons. The van der Waals surface area contributed by atoms with Gasteiger partial charge in [0.25, 0.3) is 0 Å². The van der Waals surface area contributed by atoms with Gasteiger partial charge in [-0.1, -0.05) is 54.6 Å². The van der Waals surface area contributed by atoms with Crippen LogP contribution in [-0.4, -0.2) is 17.4 Å². The fraction of sp³-hybridized carbons (Fsp3) is 0. The van der Waals surface area contributed by atoms with Crippen molar-refractivity contribution in [3.05, 3.63) is 71.3 Å². The summed E-state index contributed by atoms with van der Waals surface area (Å²) in [5.41, 5.74) is 2.11. The molecular formula is C16H12O3. The van der Waals surface area contributed by atoms with E-state index in [1.807, 2.05) is 30.3 Å². The fourth-order valence-corrected chi connectivity index (χ4v) is 1.73. The highest BCUT2D eigenvalue weighted by atomic mass is 16.4. The van der Waals surface area contributed by atoms with Gasteiger partial charge in [-0.2, -0.15) is 0 Å². The van der Waals surface area contributed by atoms with Crippen molar-refractivity contribution in [2.24, 2.45) is 0 Å². The Balaban J connectivity index is 2.42. The molecule has 0 aromatic heterocycles. The lowest BCUT2D eigenvalue weighted by atomic mass is 10.0. The Bertz CT molecular complexity index is 610. The number of carbonyl (C=O) groups is 2. The third-order valence-corrected chi connectivity index (χ3v) is 2.70. The van der Waals surface area contributed by atoms with Crippen LogP contribution in [0.4, 0.5) is 0 Å². The summed E-state index contributed by atoms with van der Waals surface area (Å²) in [5.74, 6) is -0.997. The molecule has 2 rings (SSSR count). The monoisotopic (exact) mass is 252 g/mol. The summed E-state index contributed by atoms with van der Waals surface area (Å²) in [6.07, 6.45) is 2.34. The Labute approximate surface area is 110 Å². The lowest BCUT2D eigenvalue weighted by molar-refractivity contribution is -0.130. The maximum atomic E-state index is 11.3. The minimum atomic E-state index is -0.997. The largest absolute Gasteiger partial charge is 0.478 e. The Morgan fingerprint density at radius 2 is 1.53 bits per heavy atom. The number of aldehydes is 1. The fourth-order valence-electron chi connectivity index (χ4n) is 1.73. The standard InChI is InChI=1S/C16H12O3/c17-11-13-6-8-14(9-7-13)15(16(18)19)10-12-4-2-1-3-5-12/h1-11H,(H,18,19)/b15-10-. The van der Waals surface area contributed by atoms with E-state index in [2.05, 4.69) is 0 Å². The van der Waals surface area contributed by atoms with Crippen molar-refractivity contribution in [1.82, 2.24) is 0 Å². The number of carboxylic acid groups (broad SMARTS) is 1. The number of hydrogen-bond donors (Lipinski definition) is 1. The number of rotatable bonds is 4. The van der Waals surface area contributed by atoms with Crippen molar-refractivity contribution in [3.8, 4) is 0 Å². The molecule has 0 aliphatic heterocycles. The zero-order valence-corrected chi connectivity index (χ0v) is 10.1. The normalized spacial score (nSPS) is 11.1. The van der Waals surface area contributed by atoms with Gasteiger partial charge in [0.15, 0.2) is 0 Å². The summed E-state index contributed by atoms with van der Waals surface area (Å²) in [5, 5.41) is 9.28. The maximum Gasteiger partial charge on any atom is 0.336 e. The average molecular weight is 252 g/mol. The van der Waals surface area contributed by atoms with E-state index >= 15 is 0 Å². The van der Waals surface area contributed by atoms with Crippen LogP contribution in [-0.2, 0) is 4.79 Å². The Kier molecular flexibility index (Phi) is 3.88. The van der Waals surface area contributed by atoms with Crippen LogP contribution in [0.2, 0.25) is 0 Å². The van der Waals surface area contributed by atoms with Crippen molar-refractivity contribution in [3.63, 3.8) is 0 Å². The quantitative estimate of drug-likeness (QED) is 0.516. The highest BCUT2D eigenvalue weighted by Gasteiger charge is 2.10. The first kappa shape index (κ1) is 12.8. The molecule has 0 aliphatic rings. The van der Waals surface area contributed by atoms with Crippen molar-refractivity contribution < 1.29 is 14.7 Å². The third kappa shape index (κ3) is 3.16. The van der Waals surface area contributed by atoms with E-state index in [0.29, 0.717) is 11.1 Å². The first-order valence-electron chi connectivity index (χ1n) is 5.76. The minimum absolute atomic E-state index is 0.198. The Morgan fingerprint density at radius 3 is 2.05 bits per heavy atom. The average Bonchev–Trinajstić information content (AvgIpc) is 2.46. The predicted octanol–water partition coefficient (Wildman–Crippen LogP) is 3.12. The van der Waals surface area contributed by atoms with Crippen molar-refractivity contribution in [2.75, 3.05) is 0 Å². The maximum absolute atomic E-state index is 11.3. The van der Waals surface area contributed by atoms with Crippen LogP contribution in [0.5, 0.6) is 0 Å². The molecule has 19 heavy (non-hydrogen) atoms. The second-order valence-corrected chi connectivity index (χ2v) is 4.01. The molecule has 0 saturated carbocycles. The number of carboxylic acids is 1. The molecule has 0 spiro atoms. The lowest BCUT2D eigenvalue weighted by Gasteiger charge is -2.03. The molecule has 2 aromatic carbocycles. The Hall–Kier alpha value is -2.68. The van der Waals surface area contributed by atoms with Crippen molar-refractivity contribution in [1.29, 1.82) is 0 Å². The first-order chi connectivity index (χ1) is 9.20. The van der Waals surface area contributed by atoms with E-state index < -0.39 is 5.97 Å². The molecule has 3 nitrogen and oxygen atoms in total. The molecule has 3 heteroatoms. The zero-order chi connectivity index (χ0) is 13.7. The first-order valence-corrected chi connectivity index (χ1v) is 5.76. The summed E-state index contributed by atoms with van der Waals surface area (Å²) in [6, 6.07) is 15.7. The van der Waals surface area contributed by atoms with Crippen LogP contribution >= 0.6 is 0 Å². The highest BCUT2D eigenvalue weighted by Crippen LogP contribution is 2.19. The molecular weight excluding hydrogens is 240 g/mol. The van der Waals surface area contributed by atoms with Gasteiger partial charge in [0.05, 0.1) is 5.57 Å². The van der Waals surface area contributed by atoms with Crippen LogP contribution in [0.15, 0.2) is 54.6 Å². The second-order valence-electron chi connectivity index (χ2n) is 4.01. The van der Waals surface area contributed by atoms with Gasteiger partial charge in [-0.25, -0.2) is 4.79 Å². The summed E-state index contributed by atoms with van der Waals surface area (Å²) in [6.45, 7) is 0. The smallest absolute Gasteiger partial charge is 0.336 e. The third-order valence-electron chi connectivity index (χ3n) is 2.70. The summed E-state index contributed by atoms with van der Waals surface area (Å²) in [7, 11) is 0. The molecule has 1 N–H and O–H groups in total. The Morgan fingerprint density at radius 1 is 0.895 bits per heavy atom.